The Morgan fingerprint density at radius 2 is 1.88 bits per heavy atom. The Kier molecular flexibility index (Phi) is 7.49. The number of carboxylic acids is 1. The van der Waals surface area contributed by atoms with E-state index in [1.54, 1.807) is 18.3 Å². The standard InChI is InChI=1S/C24H26ClN3O3.ClH/c25-19-6-2-5-18(15-19)24(16-26)10-8-20(9-11-24)27-12-3-13-28(23(27)31)21-7-1-4-17(14-21)22(29)30;/h1-7,13-15,20H,8-12,16,26H2,(H,29,30);1H. The molecule has 3 N–H and O–H groups in total. The van der Waals surface area contributed by atoms with Gasteiger partial charge in [0.05, 0.1) is 11.3 Å². The maximum atomic E-state index is 13.3. The quantitative estimate of drug-likeness (QED) is 0.632. The number of halogens is 2. The molecule has 0 saturated heterocycles. The van der Waals surface area contributed by atoms with Gasteiger partial charge in [-0.1, -0.05) is 29.8 Å². The number of amides is 2. The van der Waals surface area contributed by atoms with Crippen LogP contribution in [0.4, 0.5) is 10.5 Å². The van der Waals surface area contributed by atoms with Crippen molar-refractivity contribution in [2.75, 3.05) is 18.0 Å². The number of carboxylic acid groups (broad SMARTS) is 1. The molecule has 0 atom stereocenters. The zero-order chi connectivity index (χ0) is 22.0. The zero-order valence-electron chi connectivity index (χ0n) is 17.6. The first-order valence-corrected chi connectivity index (χ1v) is 10.9. The molecule has 8 heteroatoms. The van der Waals surface area contributed by atoms with E-state index in [4.69, 9.17) is 17.3 Å². The van der Waals surface area contributed by atoms with Gasteiger partial charge in [0.25, 0.3) is 0 Å². The third kappa shape index (κ3) is 4.63. The third-order valence-electron chi connectivity index (χ3n) is 6.56. The number of nitrogens with zero attached hydrogens (tertiary/aromatic N) is 2. The number of carbonyl (C=O) groups excluding carboxylic acids is 1. The van der Waals surface area contributed by atoms with Crippen molar-refractivity contribution in [3.63, 3.8) is 0 Å². The number of hydrogen-bond acceptors (Lipinski definition) is 3. The lowest BCUT2D eigenvalue weighted by molar-refractivity contribution is 0.0696. The normalized spacial score (nSPS) is 23.1. The summed E-state index contributed by atoms with van der Waals surface area (Å²) < 4.78 is 0. The van der Waals surface area contributed by atoms with Crippen LogP contribution in [0, 0.1) is 0 Å². The highest BCUT2D eigenvalue weighted by atomic mass is 35.5. The Hall–Kier alpha value is -2.54. The summed E-state index contributed by atoms with van der Waals surface area (Å²) in [4.78, 5) is 28.0. The van der Waals surface area contributed by atoms with Crippen LogP contribution in [0.25, 0.3) is 0 Å². The molecule has 1 aliphatic carbocycles. The monoisotopic (exact) mass is 475 g/mol. The van der Waals surface area contributed by atoms with Crippen LogP contribution in [0.1, 0.15) is 41.6 Å². The first kappa shape index (κ1) is 24.1. The van der Waals surface area contributed by atoms with Gasteiger partial charge in [-0.3, -0.25) is 4.90 Å². The molecule has 0 unspecified atom stereocenters. The van der Waals surface area contributed by atoms with Crippen LogP contribution in [-0.4, -0.2) is 41.1 Å². The van der Waals surface area contributed by atoms with Crippen LogP contribution in [0.3, 0.4) is 0 Å². The Bertz CT molecular complexity index is 1020. The van der Waals surface area contributed by atoms with Gasteiger partial charge in [-0.05, 0) is 67.7 Å². The molecule has 0 spiro atoms. The van der Waals surface area contributed by atoms with Gasteiger partial charge in [0.15, 0.2) is 0 Å². The molecule has 6 nitrogen and oxygen atoms in total. The first-order valence-electron chi connectivity index (χ1n) is 10.5. The average molecular weight is 476 g/mol. The van der Waals surface area contributed by atoms with E-state index in [1.807, 2.05) is 29.2 Å². The van der Waals surface area contributed by atoms with Gasteiger partial charge in [0.1, 0.15) is 0 Å². The van der Waals surface area contributed by atoms with Crippen molar-refractivity contribution in [3.05, 3.63) is 77.0 Å². The minimum Gasteiger partial charge on any atom is -0.478 e. The van der Waals surface area contributed by atoms with Crippen LogP contribution in [0.2, 0.25) is 5.02 Å². The molecule has 1 aliphatic heterocycles. The van der Waals surface area contributed by atoms with Crippen LogP contribution in [-0.2, 0) is 5.41 Å². The average Bonchev–Trinajstić information content (AvgIpc) is 2.79. The van der Waals surface area contributed by atoms with Gasteiger partial charge >= 0.3 is 12.0 Å². The Morgan fingerprint density at radius 1 is 1.16 bits per heavy atom. The van der Waals surface area contributed by atoms with Crippen molar-refractivity contribution in [1.29, 1.82) is 0 Å². The summed E-state index contributed by atoms with van der Waals surface area (Å²) in [6.45, 7) is 1.09. The minimum absolute atomic E-state index is 0. The predicted molar refractivity (Wildman–Crippen MR) is 129 cm³/mol. The predicted octanol–water partition coefficient (Wildman–Crippen LogP) is 5.06. The summed E-state index contributed by atoms with van der Waals surface area (Å²) in [7, 11) is 0. The summed E-state index contributed by atoms with van der Waals surface area (Å²) in [6, 6.07) is 14.3. The van der Waals surface area contributed by atoms with E-state index in [-0.39, 0.29) is 35.5 Å². The zero-order valence-corrected chi connectivity index (χ0v) is 19.2. The summed E-state index contributed by atoms with van der Waals surface area (Å²) in [6.07, 6.45) is 7.14. The van der Waals surface area contributed by atoms with Gasteiger partial charge in [0, 0.05) is 35.8 Å². The highest BCUT2D eigenvalue weighted by Crippen LogP contribution is 2.41. The van der Waals surface area contributed by atoms with Crippen LogP contribution >= 0.6 is 24.0 Å². The first-order chi connectivity index (χ1) is 14.9. The molecule has 2 aromatic rings. The maximum absolute atomic E-state index is 13.3. The number of nitrogens with two attached hydrogens (primary N) is 1. The fraction of sp³-hybridized carbons (Fsp3) is 0.333. The Morgan fingerprint density at radius 3 is 2.53 bits per heavy atom. The molecular formula is C24H27Cl2N3O3. The molecule has 0 radical (unpaired) electrons. The molecule has 170 valence electrons. The number of benzene rings is 2. The molecule has 4 rings (SSSR count). The van der Waals surface area contributed by atoms with Crippen LogP contribution in [0.15, 0.2) is 60.8 Å². The smallest absolute Gasteiger partial charge is 0.335 e. The molecule has 32 heavy (non-hydrogen) atoms. The number of carbonyl (C=O) groups is 2. The molecule has 1 saturated carbocycles. The Balaban J connectivity index is 0.00000289. The fourth-order valence-corrected chi connectivity index (χ4v) is 4.92. The molecule has 0 aromatic heterocycles. The largest absolute Gasteiger partial charge is 0.478 e. The highest BCUT2D eigenvalue weighted by Gasteiger charge is 2.39. The lowest BCUT2D eigenvalue weighted by Gasteiger charge is -2.45. The number of hydrogen-bond donors (Lipinski definition) is 2. The van der Waals surface area contributed by atoms with Crippen molar-refractivity contribution in [3.8, 4) is 0 Å². The summed E-state index contributed by atoms with van der Waals surface area (Å²) in [5, 5.41) is 9.97. The molecule has 1 fully saturated rings. The van der Waals surface area contributed by atoms with E-state index in [2.05, 4.69) is 6.07 Å². The van der Waals surface area contributed by atoms with Gasteiger partial charge < -0.3 is 15.7 Å². The van der Waals surface area contributed by atoms with Crippen molar-refractivity contribution >= 4 is 41.7 Å². The van der Waals surface area contributed by atoms with Crippen molar-refractivity contribution in [1.82, 2.24) is 4.90 Å². The van der Waals surface area contributed by atoms with E-state index in [0.29, 0.717) is 23.8 Å². The van der Waals surface area contributed by atoms with Crippen LogP contribution in [0.5, 0.6) is 0 Å². The summed E-state index contributed by atoms with van der Waals surface area (Å²) in [5.41, 5.74) is 7.97. The lowest BCUT2D eigenvalue weighted by Crippen LogP contribution is -2.52. The summed E-state index contributed by atoms with van der Waals surface area (Å²) in [5.74, 6) is -1.02. The molecule has 0 bridgehead atoms. The second-order valence-corrected chi connectivity index (χ2v) is 8.71. The molecule has 1 heterocycles. The number of aromatic carboxylic acids is 1. The minimum atomic E-state index is -1.02. The number of rotatable bonds is 5. The molecule has 2 amide bonds. The van der Waals surface area contributed by atoms with E-state index in [9.17, 15) is 14.7 Å². The second-order valence-electron chi connectivity index (χ2n) is 8.27. The van der Waals surface area contributed by atoms with E-state index >= 15 is 0 Å². The van der Waals surface area contributed by atoms with Gasteiger partial charge in [0.2, 0.25) is 0 Å². The highest BCUT2D eigenvalue weighted by molar-refractivity contribution is 6.30. The topological polar surface area (TPSA) is 86.9 Å². The van der Waals surface area contributed by atoms with E-state index < -0.39 is 5.97 Å². The lowest BCUT2D eigenvalue weighted by atomic mass is 9.68. The SMILES string of the molecule is Cl.NCC1(c2cccc(Cl)c2)CCC(N2CC=CN(c3cccc(C(=O)O)c3)C2=O)CC1. The Labute approximate surface area is 199 Å². The van der Waals surface area contributed by atoms with Crippen molar-refractivity contribution in [2.24, 2.45) is 5.73 Å². The molecular weight excluding hydrogens is 449 g/mol. The van der Waals surface area contributed by atoms with Crippen molar-refractivity contribution in [2.45, 2.75) is 37.1 Å². The van der Waals surface area contributed by atoms with Gasteiger partial charge in [-0.25, -0.2) is 9.59 Å². The van der Waals surface area contributed by atoms with Gasteiger partial charge in [-0.2, -0.15) is 0 Å². The maximum Gasteiger partial charge on any atom is 0.335 e. The second kappa shape index (κ2) is 9.94. The van der Waals surface area contributed by atoms with E-state index in [0.717, 1.165) is 31.2 Å². The number of anilines is 1. The van der Waals surface area contributed by atoms with Crippen molar-refractivity contribution < 1.29 is 14.7 Å². The van der Waals surface area contributed by atoms with Crippen LogP contribution < -0.4 is 10.6 Å². The van der Waals surface area contributed by atoms with Gasteiger partial charge in [-0.15, -0.1) is 12.4 Å². The molecule has 2 aromatic carbocycles. The van der Waals surface area contributed by atoms with E-state index in [1.165, 1.54) is 17.0 Å². The molecule has 2 aliphatic rings. The fourth-order valence-electron chi connectivity index (χ4n) is 4.73. The third-order valence-corrected chi connectivity index (χ3v) is 6.80. The summed E-state index contributed by atoms with van der Waals surface area (Å²) >= 11 is 6.21. The number of urea groups is 1.